The average molecular weight is 201 g/mol. The summed E-state index contributed by atoms with van der Waals surface area (Å²) < 4.78 is 5.20. The Morgan fingerprint density at radius 3 is 2.43 bits per heavy atom. The smallest absolute Gasteiger partial charge is 0.410 e. The van der Waals surface area contributed by atoms with E-state index in [-0.39, 0.29) is 12.1 Å². The molecule has 1 amide bonds. The lowest BCUT2D eigenvalue weighted by molar-refractivity contribution is -0.0355. The van der Waals surface area contributed by atoms with Gasteiger partial charge in [0.25, 0.3) is 0 Å². The molecule has 0 aromatic carbocycles. The molecule has 0 aromatic heterocycles. The Kier molecular flexibility index (Phi) is 3.04. The second kappa shape index (κ2) is 3.77. The maximum Gasteiger partial charge on any atom is 0.410 e. The molecule has 0 radical (unpaired) electrons. The predicted molar refractivity (Wildman–Crippen MR) is 53.0 cm³/mol. The minimum Gasteiger partial charge on any atom is -0.444 e. The molecule has 1 rings (SSSR count). The number of likely N-dealkylation sites (tertiary alicyclic amines) is 1. The summed E-state index contributed by atoms with van der Waals surface area (Å²) in [5.74, 6) is 0. The van der Waals surface area contributed by atoms with Crippen LogP contribution in [0.1, 0.15) is 34.1 Å². The largest absolute Gasteiger partial charge is 0.444 e. The normalized spacial score (nSPS) is 24.1. The number of hydrogen-bond acceptors (Lipinski definition) is 3. The Hall–Kier alpha value is -0.770. The molecule has 1 N–H and O–H groups in total. The molecule has 0 aromatic rings. The minimum absolute atomic E-state index is 0.0650. The Morgan fingerprint density at radius 1 is 1.57 bits per heavy atom. The monoisotopic (exact) mass is 201 g/mol. The van der Waals surface area contributed by atoms with Crippen LogP contribution in [0.2, 0.25) is 0 Å². The lowest BCUT2D eigenvalue weighted by Gasteiger charge is -2.42. The summed E-state index contributed by atoms with van der Waals surface area (Å²) >= 11 is 0. The third-order valence-electron chi connectivity index (χ3n) is 2.25. The van der Waals surface area contributed by atoms with Crippen LogP contribution < -0.4 is 0 Å². The van der Waals surface area contributed by atoms with E-state index >= 15 is 0 Å². The number of ether oxygens (including phenoxy) is 1. The van der Waals surface area contributed by atoms with Crippen molar-refractivity contribution in [3.63, 3.8) is 0 Å². The first-order valence-corrected chi connectivity index (χ1v) is 4.99. The van der Waals surface area contributed by atoms with Crippen molar-refractivity contribution in [2.75, 3.05) is 6.54 Å². The molecule has 0 spiro atoms. The second-order valence-electron chi connectivity index (χ2n) is 4.77. The summed E-state index contributed by atoms with van der Waals surface area (Å²) in [6.45, 7) is 7.89. The molecular weight excluding hydrogens is 182 g/mol. The van der Waals surface area contributed by atoms with E-state index in [4.69, 9.17) is 4.74 Å². The first kappa shape index (κ1) is 11.3. The number of rotatable bonds is 1. The fraction of sp³-hybridized carbons (Fsp3) is 0.900. The summed E-state index contributed by atoms with van der Waals surface area (Å²) in [6, 6.07) is -0.0650. The van der Waals surface area contributed by atoms with Crippen LogP contribution in [0.25, 0.3) is 0 Å². The van der Waals surface area contributed by atoms with Crippen molar-refractivity contribution in [1.82, 2.24) is 4.90 Å². The zero-order chi connectivity index (χ0) is 10.9. The van der Waals surface area contributed by atoms with Crippen LogP contribution in [0.4, 0.5) is 4.79 Å². The van der Waals surface area contributed by atoms with Crippen molar-refractivity contribution in [1.29, 1.82) is 0 Å². The fourth-order valence-electron chi connectivity index (χ4n) is 1.46. The van der Waals surface area contributed by atoms with Gasteiger partial charge < -0.3 is 14.7 Å². The molecule has 1 saturated heterocycles. The maximum atomic E-state index is 11.5. The molecule has 1 heterocycles. The van der Waals surface area contributed by atoms with E-state index in [0.29, 0.717) is 6.54 Å². The summed E-state index contributed by atoms with van der Waals surface area (Å²) in [6.07, 6.45) is 0.0580. The number of amides is 1. The second-order valence-corrected chi connectivity index (χ2v) is 4.77. The van der Waals surface area contributed by atoms with Gasteiger partial charge >= 0.3 is 6.09 Å². The molecule has 4 heteroatoms. The first-order chi connectivity index (χ1) is 6.31. The molecule has 0 aliphatic carbocycles. The molecule has 14 heavy (non-hydrogen) atoms. The van der Waals surface area contributed by atoms with Gasteiger partial charge in [0.15, 0.2) is 0 Å². The number of carbonyl (C=O) groups excluding carboxylic acids is 1. The van der Waals surface area contributed by atoms with Gasteiger partial charge in [-0.3, -0.25) is 0 Å². The molecule has 4 nitrogen and oxygen atoms in total. The summed E-state index contributed by atoms with van der Waals surface area (Å²) in [5, 5.41) is 9.34. The van der Waals surface area contributed by atoms with E-state index in [9.17, 15) is 9.90 Å². The van der Waals surface area contributed by atoms with Gasteiger partial charge in [-0.1, -0.05) is 0 Å². The number of hydrogen-bond donors (Lipinski definition) is 1. The molecule has 2 atom stereocenters. The van der Waals surface area contributed by atoms with Crippen molar-refractivity contribution in [3.05, 3.63) is 0 Å². The molecular formula is C10H19NO3. The Labute approximate surface area is 84.8 Å². The third-order valence-corrected chi connectivity index (χ3v) is 2.25. The van der Waals surface area contributed by atoms with Crippen LogP contribution in [0.15, 0.2) is 0 Å². The molecule has 1 aliphatic heterocycles. The topological polar surface area (TPSA) is 49.8 Å². The Morgan fingerprint density at radius 2 is 2.14 bits per heavy atom. The van der Waals surface area contributed by atoms with Gasteiger partial charge in [-0.15, -0.1) is 0 Å². The van der Waals surface area contributed by atoms with Crippen LogP contribution in [-0.4, -0.2) is 40.4 Å². The van der Waals surface area contributed by atoms with Gasteiger partial charge in [-0.25, -0.2) is 4.79 Å². The van der Waals surface area contributed by atoms with E-state index in [1.165, 1.54) is 0 Å². The highest BCUT2D eigenvalue weighted by Crippen LogP contribution is 2.23. The Bertz CT molecular complexity index is 220. The van der Waals surface area contributed by atoms with E-state index in [0.717, 1.165) is 6.42 Å². The lowest BCUT2D eigenvalue weighted by Crippen LogP contribution is -2.57. The van der Waals surface area contributed by atoms with Crippen molar-refractivity contribution in [2.45, 2.75) is 51.9 Å². The van der Waals surface area contributed by atoms with Crippen LogP contribution in [0.3, 0.4) is 0 Å². The number of nitrogens with zero attached hydrogens (tertiary/aromatic N) is 1. The molecule has 0 bridgehead atoms. The van der Waals surface area contributed by atoms with E-state index < -0.39 is 11.7 Å². The zero-order valence-corrected chi connectivity index (χ0v) is 9.28. The molecule has 1 fully saturated rings. The zero-order valence-electron chi connectivity index (χ0n) is 9.28. The number of aliphatic hydroxyl groups is 1. The van der Waals surface area contributed by atoms with E-state index in [2.05, 4.69) is 0 Å². The van der Waals surface area contributed by atoms with E-state index in [1.807, 2.05) is 20.8 Å². The molecule has 0 unspecified atom stereocenters. The summed E-state index contributed by atoms with van der Waals surface area (Å²) in [7, 11) is 0. The molecule has 1 aliphatic rings. The maximum absolute atomic E-state index is 11.5. The Balaban J connectivity index is 2.46. The standard InChI is InChI=1S/C10H19NO3/c1-7(12)8-5-6-11(8)9(13)14-10(2,3)4/h7-8,12H,5-6H2,1-4H3/t7-,8+/m1/s1. The minimum atomic E-state index is -0.476. The van der Waals surface area contributed by atoms with Gasteiger partial charge in [0.1, 0.15) is 5.60 Å². The van der Waals surface area contributed by atoms with Gasteiger partial charge in [0.05, 0.1) is 12.1 Å². The van der Waals surface area contributed by atoms with Gasteiger partial charge in [0, 0.05) is 6.54 Å². The van der Waals surface area contributed by atoms with Crippen molar-refractivity contribution in [2.24, 2.45) is 0 Å². The molecule has 82 valence electrons. The average Bonchev–Trinajstić information content (AvgIpc) is 1.75. The van der Waals surface area contributed by atoms with Gasteiger partial charge in [-0.05, 0) is 34.1 Å². The highest BCUT2D eigenvalue weighted by atomic mass is 16.6. The van der Waals surface area contributed by atoms with Crippen molar-refractivity contribution in [3.8, 4) is 0 Å². The van der Waals surface area contributed by atoms with Gasteiger partial charge in [-0.2, -0.15) is 0 Å². The van der Waals surface area contributed by atoms with Crippen LogP contribution >= 0.6 is 0 Å². The highest BCUT2D eigenvalue weighted by molar-refractivity contribution is 5.69. The van der Waals surface area contributed by atoms with Crippen LogP contribution in [0.5, 0.6) is 0 Å². The number of aliphatic hydroxyl groups excluding tert-OH is 1. The highest BCUT2D eigenvalue weighted by Gasteiger charge is 2.37. The van der Waals surface area contributed by atoms with Crippen molar-refractivity contribution >= 4 is 6.09 Å². The van der Waals surface area contributed by atoms with E-state index in [1.54, 1.807) is 11.8 Å². The van der Waals surface area contributed by atoms with Crippen LogP contribution in [-0.2, 0) is 4.74 Å². The third kappa shape index (κ3) is 2.61. The quantitative estimate of drug-likeness (QED) is 0.697. The van der Waals surface area contributed by atoms with Gasteiger partial charge in [0.2, 0.25) is 0 Å². The first-order valence-electron chi connectivity index (χ1n) is 4.99. The van der Waals surface area contributed by atoms with Crippen molar-refractivity contribution < 1.29 is 14.6 Å². The SMILES string of the molecule is C[C@@H](O)[C@@H]1CCN1C(=O)OC(C)(C)C. The molecule has 0 saturated carbocycles. The lowest BCUT2D eigenvalue weighted by atomic mass is 9.99. The van der Waals surface area contributed by atoms with Crippen LogP contribution in [0, 0.1) is 0 Å². The fourth-order valence-corrected chi connectivity index (χ4v) is 1.46. The predicted octanol–water partition coefficient (Wildman–Crippen LogP) is 1.38. The summed E-state index contributed by atoms with van der Waals surface area (Å²) in [5.41, 5.74) is -0.462. The summed E-state index contributed by atoms with van der Waals surface area (Å²) in [4.78, 5) is 13.1. The number of carbonyl (C=O) groups is 1.